The predicted octanol–water partition coefficient (Wildman–Crippen LogP) is 1.96. The first-order chi connectivity index (χ1) is 7.13. The van der Waals surface area contributed by atoms with E-state index in [1.807, 2.05) is 6.07 Å². The van der Waals surface area contributed by atoms with E-state index < -0.39 is 0 Å². The van der Waals surface area contributed by atoms with Crippen LogP contribution in [-0.2, 0) is 11.3 Å². The molecule has 1 rings (SSSR count). The molecule has 5 heteroatoms. The van der Waals surface area contributed by atoms with Crippen LogP contribution in [0, 0.1) is 0 Å². The Hall–Kier alpha value is -0.770. The second-order valence-corrected chi connectivity index (χ2v) is 3.88. The van der Waals surface area contributed by atoms with Gasteiger partial charge in [-0.1, -0.05) is 29.3 Å². The van der Waals surface area contributed by atoms with Gasteiger partial charge in [-0.25, -0.2) is 0 Å². The Kier molecular flexibility index (Phi) is 4.88. The van der Waals surface area contributed by atoms with E-state index in [0.29, 0.717) is 29.6 Å². The highest BCUT2D eigenvalue weighted by Gasteiger charge is 2.02. The Morgan fingerprint density at radius 3 is 2.67 bits per heavy atom. The zero-order valence-corrected chi connectivity index (χ0v) is 9.61. The molecule has 1 amide bonds. The molecule has 3 N–H and O–H groups in total. The highest BCUT2D eigenvalue weighted by atomic mass is 35.5. The second kappa shape index (κ2) is 5.95. The molecule has 3 nitrogen and oxygen atoms in total. The van der Waals surface area contributed by atoms with Crippen molar-refractivity contribution in [3.8, 4) is 0 Å². The zero-order valence-electron chi connectivity index (χ0n) is 8.09. The van der Waals surface area contributed by atoms with Crippen LogP contribution in [0.3, 0.4) is 0 Å². The van der Waals surface area contributed by atoms with E-state index >= 15 is 0 Å². The highest BCUT2D eigenvalue weighted by Crippen LogP contribution is 2.22. The molecule has 0 heterocycles. The number of nitrogens with two attached hydrogens (primary N) is 1. The molecule has 0 aromatic heterocycles. The molecule has 0 saturated heterocycles. The monoisotopic (exact) mass is 246 g/mol. The average Bonchev–Trinajstić information content (AvgIpc) is 2.20. The molecular weight excluding hydrogens is 235 g/mol. The molecule has 0 radical (unpaired) electrons. The standard InChI is InChI=1S/C10H12Cl2N2O/c11-8-2-1-7(5-9(8)12)6-14-10(15)3-4-13/h1-2,5H,3-4,6,13H2,(H,14,15). The van der Waals surface area contributed by atoms with Crippen LogP contribution in [0.4, 0.5) is 0 Å². The van der Waals surface area contributed by atoms with Crippen molar-refractivity contribution in [2.75, 3.05) is 6.54 Å². The maximum absolute atomic E-state index is 11.1. The fourth-order valence-electron chi connectivity index (χ4n) is 1.07. The largest absolute Gasteiger partial charge is 0.352 e. The summed E-state index contributed by atoms with van der Waals surface area (Å²) >= 11 is 11.6. The summed E-state index contributed by atoms with van der Waals surface area (Å²) < 4.78 is 0. The van der Waals surface area contributed by atoms with Gasteiger partial charge in [0, 0.05) is 19.5 Å². The van der Waals surface area contributed by atoms with Gasteiger partial charge in [0.15, 0.2) is 0 Å². The number of benzene rings is 1. The molecule has 0 spiro atoms. The maximum Gasteiger partial charge on any atom is 0.221 e. The molecule has 0 saturated carbocycles. The minimum Gasteiger partial charge on any atom is -0.352 e. The molecule has 82 valence electrons. The summed E-state index contributed by atoms with van der Waals surface area (Å²) in [5, 5.41) is 3.72. The van der Waals surface area contributed by atoms with Crippen molar-refractivity contribution in [1.29, 1.82) is 0 Å². The average molecular weight is 247 g/mol. The van der Waals surface area contributed by atoms with Crippen molar-refractivity contribution in [2.24, 2.45) is 5.73 Å². The molecule has 1 aromatic carbocycles. The number of carbonyl (C=O) groups is 1. The van der Waals surface area contributed by atoms with Crippen LogP contribution in [0.25, 0.3) is 0 Å². The Morgan fingerprint density at radius 1 is 1.33 bits per heavy atom. The van der Waals surface area contributed by atoms with Crippen molar-refractivity contribution < 1.29 is 4.79 Å². The lowest BCUT2D eigenvalue weighted by Gasteiger charge is -2.05. The molecule has 0 aliphatic rings. The lowest BCUT2D eigenvalue weighted by molar-refractivity contribution is -0.121. The summed E-state index contributed by atoms with van der Waals surface area (Å²) in [5.74, 6) is -0.0661. The van der Waals surface area contributed by atoms with E-state index in [0.717, 1.165) is 5.56 Å². The first-order valence-corrected chi connectivity index (χ1v) is 5.29. The fraction of sp³-hybridized carbons (Fsp3) is 0.300. The van der Waals surface area contributed by atoms with E-state index in [4.69, 9.17) is 28.9 Å². The van der Waals surface area contributed by atoms with E-state index in [1.54, 1.807) is 12.1 Å². The number of hydrogen-bond acceptors (Lipinski definition) is 2. The van der Waals surface area contributed by atoms with Gasteiger partial charge >= 0.3 is 0 Å². The molecule has 0 fully saturated rings. The van der Waals surface area contributed by atoms with Crippen LogP contribution in [0.1, 0.15) is 12.0 Å². The van der Waals surface area contributed by atoms with Gasteiger partial charge < -0.3 is 11.1 Å². The summed E-state index contributed by atoms with van der Waals surface area (Å²) in [6, 6.07) is 5.25. The predicted molar refractivity (Wildman–Crippen MR) is 62.0 cm³/mol. The Labute approximate surface area is 98.5 Å². The smallest absolute Gasteiger partial charge is 0.221 e. The highest BCUT2D eigenvalue weighted by molar-refractivity contribution is 6.42. The van der Waals surface area contributed by atoms with Gasteiger partial charge in [-0.15, -0.1) is 0 Å². The number of hydrogen-bond donors (Lipinski definition) is 2. The first kappa shape index (κ1) is 12.3. The molecule has 1 aromatic rings. The van der Waals surface area contributed by atoms with Gasteiger partial charge in [0.05, 0.1) is 10.0 Å². The quantitative estimate of drug-likeness (QED) is 0.854. The molecule has 0 aliphatic carbocycles. The Balaban J connectivity index is 2.51. The molecule has 0 aliphatic heterocycles. The lowest BCUT2D eigenvalue weighted by Crippen LogP contribution is -2.24. The molecule has 0 unspecified atom stereocenters. The van der Waals surface area contributed by atoms with Gasteiger partial charge in [0.1, 0.15) is 0 Å². The zero-order chi connectivity index (χ0) is 11.3. The third kappa shape index (κ3) is 4.08. The summed E-state index contributed by atoms with van der Waals surface area (Å²) in [7, 11) is 0. The lowest BCUT2D eigenvalue weighted by atomic mass is 10.2. The summed E-state index contributed by atoms with van der Waals surface area (Å²) in [6.07, 6.45) is 0.335. The fourth-order valence-corrected chi connectivity index (χ4v) is 1.39. The van der Waals surface area contributed by atoms with Gasteiger partial charge in [-0.05, 0) is 17.7 Å². The van der Waals surface area contributed by atoms with Crippen LogP contribution in [-0.4, -0.2) is 12.5 Å². The molecular formula is C10H12Cl2N2O. The molecule has 0 atom stereocenters. The SMILES string of the molecule is NCCC(=O)NCc1ccc(Cl)c(Cl)c1. The minimum atomic E-state index is -0.0661. The normalized spacial score (nSPS) is 10.1. The Bertz CT molecular complexity index is 355. The van der Waals surface area contributed by atoms with Crippen molar-refractivity contribution in [3.63, 3.8) is 0 Å². The topological polar surface area (TPSA) is 55.1 Å². The first-order valence-electron chi connectivity index (χ1n) is 4.54. The van der Waals surface area contributed by atoms with E-state index in [2.05, 4.69) is 5.32 Å². The number of nitrogens with one attached hydrogen (secondary N) is 1. The van der Waals surface area contributed by atoms with Crippen molar-refractivity contribution in [1.82, 2.24) is 5.32 Å². The van der Waals surface area contributed by atoms with E-state index in [-0.39, 0.29) is 5.91 Å². The van der Waals surface area contributed by atoms with Crippen LogP contribution >= 0.6 is 23.2 Å². The van der Waals surface area contributed by atoms with Gasteiger partial charge in [0.2, 0.25) is 5.91 Å². The maximum atomic E-state index is 11.1. The van der Waals surface area contributed by atoms with Crippen LogP contribution in [0.2, 0.25) is 10.0 Å². The van der Waals surface area contributed by atoms with Gasteiger partial charge in [0.25, 0.3) is 0 Å². The summed E-state index contributed by atoms with van der Waals surface area (Å²) in [5.41, 5.74) is 6.15. The number of halogens is 2. The summed E-state index contributed by atoms with van der Waals surface area (Å²) in [6.45, 7) is 0.795. The number of rotatable bonds is 4. The second-order valence-electron chi connectivity index (χ2n) is 3.06. The van der Waals surface area contributed by atoms with Crippen molar-refractivity contribution >= 4 is 29.1 Å². The number of amides is 1. The molecule has 15 heavy (non-hydrogen) atoms. The van der Waals surface area contributed by atoms with Gasteiger partial charge in [-0.3, -0.25) is 4.79 Å². The Morgan fingerprint density at radius 2 is 2.07 bits per heavy atom. The third-order valence-electron chi connectivity index (χ3n) is 1.85. The minimum absolute atomic E-state index is 0.0661. The van der Waals surface area contributed by atoms with Crippen LogP contribution < -0.4 is 11.1 Å². The van der Waals surface area contributed by atoms with Crippen LogP contribution in [0.15, 0.2) is 18.2 Å². The van der Waals surface area contributed by atoms with Crippen molar-refractivity contribution in [2.45, 2.75) is 13.0 Å². The molecule has 0 bridgehead atoms. The van der Waals surface area contributed by atoms with Crippen molar-refractivity contribution in [3.05, 3.63) is 33.8 Å². The summed E-state index contributed by atoms with van der Waals surface area (Å²) in [4.78, 5) is 11.1. The van der Waals surface area contributed by atoms with Gasteiger partial charge in [-0.2, -0.15) is 0 Å². The number of carbonyl (C=O) groups excluding carboxylic acids is 1. The van der Waals surface area contributed by atoms with E-state index in [1.165, 1.54) is 0 Å². The van der Waals surface area contributed by atoms with E-state index in [9.17, 15) is 4.79 Å². The van der Waals surface area contributed by atoms with Crippen LogP contribution in [0.5, 0.6) is 0 Å². The third-order valence-corrected chi connectivity index (χ3v) is 2.58.